The van der Waals surface area contributed by atoms with Gasteiger partial charge in [0.1, 0.15) is 16.2 Å². The number of aromatic nitrogens is 2. The van der Waals surface area contributed by atoms with Gasteiger partial charge in [-0.2, -0.15) is 4.98 Å². The molecule has 0 N–H and O–H groups in total. The van der Waals surface area contributed by atoms with Crippen LogP contribution in [0.15, 0.2) is 39.8 Å². The first-order valence-corrected chi connectivity index (χ1v) is 8.28. The normalized spacial score (nSPS) is 11.4. The van der Waals surface area contributed by atoms with Crippen molar-refractivity contribution in [1.29, 1.82) is 0 Å². The zero-order valence-electron chi connectivity index (χ0n) is 12.0. The van der Waals surface area contributed by atoms with Gasteiger partial charge in [-0.05, 0) is 34.3 Å². The molecular weight excluding hydrogens is 336 g/mol. The highest BCUT2D eigenvalue weighted by Crippen LogP contribution is 2.32. The van der Waals surface area contributed by atoms with Crippen molar-refractivity contribution in [1.82, 2.24) is 9.97 Å². The van der Waals surface area contributed by atoms with Crippen molar-refractivity contribution in [3.05, 3.63) is 40.8 Å². The Balaban J connectivity index is 2.36. The Morgan fingerprint density at radius 2 is 1.85 bits per heavy atom. The van der Waals surface area contributed by atoms with Gasteiger partial charge in [0.25, 0.3) is 0 Å². The molecule has 3 nitrogen and oxygen atoms in total. The molecule has 106 valence electrons. The van der Waals surface area contributed by atoms with Crippen molar-refractivity contribution >= 4 is 27.7 Å². The Hall–Kier alpha value is -1.07. The van der Waals surface area contributed by atoms with Crippen LogP contribution in [0.25, 0.3) is 0 Å². The van der Waals surface area contributed by atoms with Gasteiger partial charge in [0.15, 0.2) is 0 Å². The van der Waals surface area contributed by atoms with Crippen LogP contribution in [-0.2, 0) is 5.41 Å². The molecule has 0 aliphatic carbocycles. The van der Waals surface area contributed by atoms with E-state index in [1.807, 2.05) is 30.5 Å². The molecule has 5 heteroatoms. The topological polar surface area (TPSA) is 35.0 Å². The molecule has 0 radical (unpaired) electrons. The molecule has 0 fully saturated rings. The summed E-state index contributed by atoms with van der Waals surface area (Å²) in [6, 6.07) is 9.71. The molecule has 1 aromatic carbocycles. The standard InChI is InChI=1S/C15H17BrN2OS/c1-15(2,3)14-17-12(16)9-13(18-14)19-10-7-5-6-8-11(10)20-4/h5-9H,1-4H3. The van der Waals surface area contributed by atoms with Gasteiger partial charge in [0.2, 0.25) is 5.88 Å². The summed E-state index contributed by atoms with van der Waals surface area (Å²) in [4.78, 5) is 10.00. The molecule has 0 atom stereocenters. The summed E-state index contributed by atoms with van der Waals surface area (Å²) in [5, 5.41) is 0. The first kappa shape index (κ1) is 15.3. The number of benzene rings is 1. The van der Waals surface area contributed by atoms with E-state index >= 15 is 0 Å². The number of ether oxygens (including phenoxy) is 1. The van der Waals surface area contributed by atoms with Crippen molar-refractivity contribution in [2.24, 2.45) is 0 Å². The molecule has 20 heavy (non-hydrogen) atoms. The molecule has 0 saturated carbocycles. The summed E-state index contributed by atoms with van der Waals surface area (Å²) in [5.74, 6) is 2.12. The van der Waals surface area contributed by atoms with E-state index in [2.05, 4.69) is 46.7 Å². The summed E-state index contributed by atoms with van der Waals surface area (Å²) in [5.41, 5.74) is -0.124. The van der Waals surface area contributed by atoms with Crippen molar-refractivity contribution < 1.29 is 4.74 Å². The van der Waals surface area contributed by atoms with Crippen LogP contribution in [0.2, 0.25) is 0 Å². The van der Waals surface area contributed by atoms with Crippen molar-refractivity contribution in [2.45, 2.75) is 31.1 Å². The first-order chi connectivity index (χ1) is 9.40. The number of rotatable bonds is 3. The Morgan fingerprint density at radius 1 is 1.15 bits per heavy atom. The molecule has 0 saturated heterocycles. The average Bonchev–Trinajstić information content (AvgIpc) is 2.37. The lowest BCUT2D eigenvalue weighted by Gasteiger charge is -2.17. The smallest absolute Gasteiger partial charge is 0.223 e. The second kappa shape index (κ2) is 6.14. The van der Waals surface area contributed by atoms with E-state index in [-0.39, 0.29) is 5.41 Å². The van der Waals surface area contributed by atoms with E-state index in [9.17, 15) is 0 Å². The molecular formula is C15H17BrN2OS. The molecule has 0 aliphatic heterocycles. The van der Waals surface area contributed by atoms with Crippen molar-refractivity contribution in [2.75, 3.05) is 6.26 Å². The Morgan fingerprint density at radius 3 is 2.50 bits per heavy atom. The molecule has 0 spiro atoms. The number of halogens is 1. The van der Waals surface area contributed by atoms with E-state index < -0.39 is 0 Å². The van der Waals surface area contributed by atoms with Crippen molar-refractivity contribution in [3.63, 3.8) is 0 Å². The maximum Gasteiger partial charge on any atom is 0.223 e. The minimum atomic E-state index is -0.124. The van der Waals surface area contributed by atoms with Crippen LogP contribution >= 0.6 is 27.7 Å². The monoisotopic (exact) mass is 352 g/mol. The highest BCUT2D eigenvalue weighted by molar-refractivity contribution is 9.10. The van der Waals surface area contributed by atoms with Crippen LogP contribution in [0, 0.1) is 0 Å². The molecule has 1 aromatic heterocycles. The van der Waals surface area contributed by atoms with Gasteiger partial charge in [-0.1, -0.05) is 32.9 Å². The third-order valence-corrected chi connectivity index (χ3v) is 3.81. The number of para-hydroxylation sites is 1. The molecule has 0 bridgehead atoms. The largest absolute Gasteiger partial charge is 0.438 e. The summed E-state index contributed by atoms with van der Waals surface area (Å²) >= 11 is 5.07. The van der Waals surface area contributed by atoms with Crippen LogP contribution in [-0.4, -0.2) is 16.2 Å². The predicted octanol–water partition coefficient (Wildman–Crippen LogP) is 5.05. The van der Waals surface area contributed by atoms with Crippen LogP contribution in [0.5, 0.6) is 11.6 Å². The van der Waals surface area contributed by atoms with Crippen LogP contribution in [0.1, 0.15) is 26.6 Å². The maximum absolute atomic E-state index is 5.92. The fourth-order valence-corrected chi connectivity index (χ4v) is 2.49. The molecule has 2 aromatic rings. The molecule has 0 amide bonds. The van der Waals surface area contributed by atoms with Gasteiger partial charge < -0.3 is 4.74 Å². The van der Waals surface area contributed by atoms with Gasteiger partial charge in [-0.15, -0.1) is 11.8 Å². The second-order valence-electron chi connectivity index (χ2n) is 5.36. The third kappa shape index (κ3) is 3.73. The Labute approximate surface area is 132 Å². The molecule has 2 rings (SSSR count). The molecule has 0 aliphatic rings. The zero-order valence-corrected chi connectivity index (χ0v) is 14.4. The fraction of sp³-hybridized carbons (Fsp3) is 0.333. The van der Waals surface area contributed by atoms with E-state index in [0.29, 0.717) is 5.88 Å². The number of nitrogens with zero attached hydrogens (tertiary/aromatic N) is 2. The maximum atomic E-state index is 5.92. The van der Waals surface area contributed by atoms with Gasteiger partial charge in [-0.3, -0.25) is 0 Å². The van der Waals surface area contributed by atoms with Gasteiger partial charge in [0.05, 0.1) is 0 Å². The lowest BCUT2D eigenvalue weighted by Crippen LogP contribution is -2.16. The predicted molar refractivity (Wildman–Crippen MR) is 86.7 cm³/mol. The van der Waals surface area contributed by atoms with Crippen LogP contribution in [0.4, 0.5) is 0 Å². The van der Waals surface area contributed by atoms with Gasteiger partial charge in [-0.25, -0.2) is 4.98 Å². The lowest BCUT2D eigenvalue weighted by molar-refractivity contribution is 0.436. The summed E-state index contributed by atoms with van der Waals surface area (Å²) < 4.78 is 6.65. The second-order valence-corrected chi connectivity index (χ2v) is 7.02. The minimum absolute atomic E-state index is 0.124. The van der Waals surface area contributed by atoms with Crippen molar-refractivity contribution in [3.8, 4) is 11.6 Å². The van der Waals surface area contributed by atoms with Gasteiger partial charge >= 0.3 is 0 Å². The zero-order chi connectivity index (χ0) is 14.8. The number of hydrogen-bond acceptors (Lipinski definition) is 4. The third-order valence-electron chi connectivity index (χ3n) is 2.63. The Kier molecular flexibility index (Phi) is 4.70. The van der Waals surface area contributed by atoms with E-state index in [1.165, 1.54) is 0 Å². The van der Waals surface area contributed by atoms with E-state index in [1.54, 1.807) is 17.8 Å². The van der Waals surface area contributed by atoms with Gasteiger partial charge in [0, 0.05) is 16.4 Å². The fourth-order valence-electron chi connectivity index (χ4n) is 1.60. The highest BCUT2D eigenvalue weighted by Gasteiger charge is 2.19. The van der Waals surface area contributed by atoms with Crippen LogP contribution < -0.4 is 4.74 Å². The summed E-state index contributed by atoms with van der Waals surface area (Å²) in [6.45, 7) is 6.23. The minimum Gasteiger partial charge on any atom is -0.438 e. The highest BCUT2D eigenvalue weighted by atomic mass is 79.9. The average molecular weight is 353 g/mol. The Bertz CT molecular complexity index is 611. The lowest BCUT2D eigenvalue weighted by atomic mass is 9.96. The summed E-state index contributed by atoms with van der Waals surface area (Å²) in [6.07, 6.45) is 2.03. The molecule has 1 heterocycles. The number of thioether (sulfide) groups is 1. The van der Waals surface area contributed by atoms with E-state index in [4.69, 9.17) is 4.74 Å². The van der Waals surface area contributed by atoms with E-state index in [0.717, 1.165) is 21.1 Å². The van der Waals surface area contributed by atoms with Crippen LogP contribution in [0.3, 0.4) is 0 Å². The quantitative estimate of drug-likeness (QED) is 0.571. The first-order valence-electron chi connectivity index (χ1n) is 6.26. The number of hydrogen-bond donors (Lipinski definition) is 0. The SMILES string of the molecule is CSc1ccccc1Oc1cc(Br)nc(C(C)(C)C)n1. The molecule has 0 unspecified atom stereocenters. The summed E-state index contributed by atoms with van der Waals surface area (Å²) in [7, 11) is 0.